The van der Waals surface area contributed by atoms with Gasteiger partial charge in [0.15, 0.2) is 6.04 Å². The van der Waals surface area contributed by atoms with Crippen molar-refractivity contribution < 1.29 is 24.2 Å². The fraction of sp³-hybridized carbons (Fsp3) is 0.750. The molecule has 20 heavy (non-hydrogen) atoms. The monoisotopic (exact) mass is 285 g/mol. The van der Waals surface area contributed by atoms with E-state index in [0.29, 0.717) is 19.8 Å². The molecule has 1 unspecified atom stereocenters. The lowest BCUT2D eigenvalue weighted by Gasteiger charge is -2.36. The molecule has 0 aromatic carbocycles. The number of nitrogens with zero attached hydrogens (tertiary/aromatic N) is 3. The Morgan fingerprint density at radius 2 is 2.30 bits per heavy atom. The maximum Gasteiger partial charge on any atom is 0.328 e. The number of amides is 2. The molecule has 0 radical (unpaired) electrons. The highest BCUT2D eigenvalue weighted by atomic mass is 16.5. The number of ether oxygens (including phenoxy) is 2. The van der Waals surface area contributed by atoms with Gasteiger partial charge in [-0.3, -0.25) is 0 Å². The molecule has 0 aliphatic carbocycles. The largest absolute Gasteiger partial charge is 0.480 e. The molecule has 1 aliphatic rings. The Morgan fingerprint density at radius 3 is 2.90 bits per heavy atom. The summed E-state index contributed by atoms with van der Waals surface area (Å²) >= 11 is 0. The van der Waals surface area contributed by atoms with E-state index >= 15 is 0 Å². The summed E-state index contributed by atoms with van der Waals surface area (Å²) in [5.74, 6) is -1.09. The number of carboxylic acids is 1. The number of hydrogen-bond acceptors (Lipinski definition) is 5. The van der Waals surface area contributed by atoms with Crippen LogP contribution in [0.25, 0.3) is 0 Å². The van der Waals surface area contributed by atoms with Gasteiger partial charge in [-0.15, -0.1) is 0 Å². The molecular weight excluding hydrogens is 266 g/mol. The number of urea groups is 1. The lowest BCUT2D eigenvalue weighted by Crippen LogP contribution is -2.57. The zero-order valence-electron chi connectivity index (χ0n) is 11.4. The molecule has 1 fully saturated rings. The van der Waals surface area contributed by atoms with E-state index in [4.69, 9.17) is 19.8 Å². The molecule has 0 aromatic rings. The zero-order valence-corrected chi connectivity index (χ0v) is 11.4. The Bertz CT molecular complexity index is 382. The quantitative estimate of drug-likeness (QED) is 0.722. The fourth-order valence-electron chi connectivity index (χ4n) is 1.91. The van der Waals surface area contributed by atoms with Crippen molar-refractivity contribution in [2.24, 2.45) is 0 Å². The third-order valence-corrected chi connectivity index (χ3v) is 2.99. The average Bonchev–Trinajstić information content (AvgIpc) is 2.46. The van der Waals surface area contributed by atoms with Crippen LogP contribution >= 0.6 is 0 Å². The highest BCUT2D eigenvalue weighted by molar-refractivity contribution is 5.83. The summed E-state index contributed by atoms with van der Waals surface area (Å²) in [4.78, 5) is 26.3. The first kappa shape index (κ1) is 16.2. The van der Waals surface area contributed by atoms with Crippen LogP contribution < -0.4 is 0 Å². The first-order valence-electron chi connectivity index (χ1n) is 6.33. The first-order valence-corrected chi connectivity index (χ1v) is 6.33. The lowest BCUT2D eigenvalue weighted by molar-refractivity contribution is -0.147. The maximum atomic E-state index is 12.4. The number of carbonyl (C=O) groups excluding carboxylic acids is 1. The molecule has 1 aliphatic heterocycles. The summed E-state index contributed by atoms with van der Waals surface area (Å²) in [6.45, 7) is 1.43. The Morgan fingerprint density at radius 1 is 1.55 bits per heavy atom. The van der Waals surface area contributed by atoms with Crippen LogP contribution in [0.2, 0.25) is 0 Å². The van der Waals surface area contributed by atoms with Crippen LogP contribution in [0.1, 0.15) is 6.42 Å². The van der Waals surface area contributed by atoms with Crippen LogP contribution in [-0.2, 0) is 14.3 Å². The number of aliphatic carboxylic acids is 1. The second-order valence-electron chi connectivity index (χ2n) is 4.29. The predicted molar refractivity (Wildman–Crippen MR) is 68.0 cm³/mol. The summed E-state index contributed by atoms with van der Waals surface area (Å²) < 4.78 is 10.0. The van der Waals surface area contributed by atoms with Crippen LogP contribution in [-0.4, -0.2) is 79.5 Å². The van der Waals surface area contributed by atoms with E-state index in [1.807, 2.05) is 6.07 Å². The third-order valence-electron chi connectivity index (χ3n) is 2.99. The maximum absolute atomic E-state index is 12.4. The Balaban J connectivity index is 2.74. The summed E-state index contributed by atoms with van der Waals surface area (Å²) in [6.07, 6.45) is 0.192. The van der Waals surface area contributed by atoms with Gasteiger partial charge < -0.3 is 24.4 Å². The van der Waals surface area contributed by atoms with Gasteiger partial charge in [0.25, 0.3) is 0 Å². The molecule has 0 spiro atoms. The van der Waals surface area contributed by atoms with Crippen molar-refractivity contribution in [1.82, 2.24) is 9.80 Å². The number of nitriles is 1. The highest BCUT2D eigenvalue weighted by Crippen LogP contribution is 2.11. The number of morpholine rings is 1. The van der Waals surface area contributed by atoms with Crippen LogP contribution in [0.4, 0.5) is 4.79 Å². The molecule has 0 aromatic heterocycles. The van der Waals surface area contributed by atoms with Gasteiger partial charge in [0.1, 0.15) is 0 Å². The van der Waals surface area contributed by atoms with Gasteiger partial charge >= 0.3 is 12.0 Å². The van der Waals surface area contributed by atoms with Crippen molar-refractivity contribution in [2.75, 3.05) is 46.6 Å². The van der Waals surface area contributed by atoms with Gasteiger partial charge in [-0.05, 0) is 0 Å². The molecule has 112 valence electrons. The molecule has 2 amide bonds. The summed E-state index contributed by atoms with van der Waals surface area (Å²) in [6, 6.07) is 0.594. The van der Waals surface area contributed by atoms with E-state index in [0.717, 1.165) is 0 Å². The minimum atomic E-state index is -1.09. The number of hydrogen-bond donors (Lipinski definition) is 1. The van der Waals surface area contributed by atoms with Gasteiger partial charge in [-0.25, -0.2) is 9.59 Å². The number of carbonyl (C=O) groups is 2. The van der Waals surface area contributed by atoms with E-state index in [1.54, 1.807) is 0 Å². The van der Waals surface area contributed by atoms with Gasteiger partial charge in [-0.2, -0.15) is 5.26 Å². The zero-order chi connectivity index (χ0) is 15.0. The van der Waals surface area contributed by atoms with Crippen molar-refractivity contribution in [2.45, 2.75) is 12.5 Å². The molecule has 1 rings (SSSR count). The van der Waals surface area contributed by atoms with Crippen LogP contribution in [0, 0.1) is 11.3 Å². The van der Waals surface area contributed by atoms with Crippen molar-refractivity contribution in [3.8, 4) is 6.07 Å². The molecule has 1 saturated heterocycles. The van der Waals surface area contributed by atoms with Crippen LogP contribution in [0.3, 0.4) is 0 Å². The van der Waals surface area contributed by atoms with E-state index in [9.17, 15) is 9.59 Å². The van der Waals surface area contributed by atoms with E-state index in [-0.39, 0.29) is 26.1 Å². The van der Waals surface area contributed by atoms with Crippen molar-refractivity contribution >= 4 is 12.0 Å². The lowest BCUT2D eigenvalue weighted by atomic mass is 10.2. The molecule has 8 heteroatoms. The molecule has 0 bridgehead atoms. The predicted octanol–water partition coefficient (Wildman–Crippen LogP) is -0.246. The first-order chi connectivity index (χ1) is 9.61. The number of carboxylic acid groups (broad SMARTS) is 1. The van der Waals surface area contributed by atoms with Crippen molar-refractivity contribution in [1.29, 1.82) is 5.26 Å². The van der Waals surface area contributed by atoms with Gasteiger partial charge in [0, 0.05) is 26.7 Å². The Labute approximate surface area is 117 Å². The van der Waals surface area contributed by atoms with Crippen molar-refractivity contribution in [3.05, 3.63) is 0 Å². The third kappa shape index (κ3) is 4.36. The molecule has 1 N–H and O–H groups in total. The van der Waals surface area contributed by atoms with Gasteiger partial charge in [0.05, 0.1) is 32.3 Å². The highest BCUT2D eigenvalue weighted by Gasteiger charge is 2.34. The fourth-order valence-corrected chi connectivity index (χ4v) is 1.91. The minimum absolute atomic E-state index is 0.0164. The average molecular weight is 285 g/mol. The normalized spacial score (nSPS) is 18.4. The smallest absolute Gasteiger partial charge is 0.328 e. The van der Waals surface area contributed by atoms with E-state index < -0.39 is 18.0 Å². The van der Waals surface area contributed by atoms with E-state index in [1.165, 1.54) is 16.9 Å². The topological polar surface area (TPSA) is 103 Å². The summed E-state index contributed by atoms with van der Waals surface area (Å²) in [5, 5.41) is 17.7. The second-order valence-corrected chi connectivity index (χ2v) is 4.29. The van der Waals surface area contributed by atoms with Crippen LogP contribution in [0.5, 0.6) is 0 Å². The van der Waals surface area contributed by atoms with E-state index in [2.05, 4.69) is 0 Å². The Hall–Kier alpha value is -1.85. The molecule has 1 atom stereocenters. The summed E-state index contributed by atoms with van der Waals surface area (Å²) in [5.41, 5.74) is 0. The van der Waals surface area contributed by atoms with Gasteiger partial charge in [-0.1, -0.05) is 0 Å². The molecular formula is C12H19N3O5. The Kier molecular flexibility index (Phi) is 6.76. The van der Waals surface area contributed by atoms with Crippen LogP contribution in [0.15, 0.2) is 0 Å². The molecule has 8 nitrogen and oxygen atoms in total. The second kappa shape index (κ2) is 8.35. The standard InChI is InChI=1S/C12H19N3O5/c1-19-7-5-14(4-2-3-13)12(18)15-6-8-20-9-10(15)11(16)17/h10H,2,4-9H2,1H3,(H,16,17). The number of rotatable bonds is 6. The van der Waals surface area contributed by atoms with Gasteiger partial charge in [0.2, 0.25) is 0 Å². The minimum Gasteiger partial charge on any atom is -0.480 e. The molecule has 1 heterocycles. The van der Waals surface area contributed by atoms with Crippen molar-refractivity contribution in [3.63, 3.8) is 0 Å². The molecule has 0 saturated carbocycles. The number of methoxy groups -OCH3 is 1. The SMILES string of the molecule is COCCN(CCC#N)C(=O)N1CCOCC1C(=O)O. The summed E-state index contributed by atoms with van der Waals surface area (Å²) in [7, 11) is 1.52.